The lowest BCUT2D eigenvalue weighted by molar-refractivity contribution is 1.15. The number of hydrogen-bond donors (Lipinski definition) is 3. The number of nitrogens with one attached hydrogen (secondary N) is 1. The van der Waals surface area contributed by atoms with Crippen LogP contribution in [0.5, 0.6) is 0 Å². The highest BCUT2D eigenvalue weighted by Gasteiger charge is 2.05. The molecule has 0 amide bonds. The normalized spacial score (nSPS) is 9.70. The van der Waals surface area contributed by atoms with Crippen LogP contribution < -0.4 is 11.5 Å². The van der Waals surface area contributed by atoms with Gasteiger partial charge in [0.1, 0.15) is 16.5 Å². The summed E-state index contributed by atoms with van der Waals surface area (Å²) >= 11 is 4.69. The number of aromatic amines is 1. The molecule has 0 unspecified atom stereocenters. The molecule has 0 aliphatic heterocycles. The van der Waals surface area contributed by atoms with Gasteiger partial charge in [0.25, 0.3) is 0 Å². The van der Waals surface area contributed by atoms with Crippen molar-refractivity contribution >= 4 is 23.0 Å². The van der Waals surface area contributed by atoms with Gasteiger partial charge in [0.15, 0.2) is 5.82 Å². The molecule has 1 aromatic rings. The van der Waals surface area contributed by atoms with E-state index in [0.29, 0.717) is 11.5 Å². The number of imidazole rings is 1. The average Bonchev–Trinajstić information content (AvgIpc) is 2.10. The fourth-order valence-corrected chi connectivity index (χ4v) is 0.853. The van der Waals surface area contributed by atoms with Gasteiger partial charge in [-0.1, -0.05) is 12.2 Å². The maximum absolute atomic E-state index is 5.43. The third kappa shape index (κ3) is 1.08. The number of nitrogens with zero attached hydrogens (tertiary/aromatic N) is 1. The Morgan fingerprint density at radius 2 is 2.30 bits per heavy atom. The van der Waals surface area contributed by atoms with Crippen LogP contribution in [0.15, 0.2) is 0 Å². The van der Waals surface area contributed by atoms with E-state index in [1.54, 1.807) is 6.92 Å². The predicted octanol–water partition coefficient (Wildman–Crippen LogP) is -0.0655. The molecular formula is C5H8N4S. The standard InChI is InChI=1S/C5H8N4S/c1-2-8-3(5(7)10)4(6)9-2/h6H2,1H3,(H2,7,10)(H,8,9). The third-order valence-corrected chi connectivity index (χ3v) is 1.30. The maximum atomic E-state index is 5.43. The average molecular weight is 156 g/mol. The minimum absolute atomic E-state index is 0.248. The minimum Gasteiger partial charge on any atom is -0.388 e. The first-order chi connectivity index (χ1) is 4.61. The molecule has 0 aliphatic carbocycles. The van der Waals surface area contributed by atoms with E-state index in [0.717, 1.165) is 5.82 Å². The molecule has 0 bridgehead atoms. The van der Waals surface area contributed by atoms with Crippen LogP contribution in [-0.2, 0) is 0 Å². The van der Waals surface area contributed by atoms with Crippen molar-refractivity contribution in [3.8, 4) is 0 Å². The van der Waals surface area contributed by atoms with Gasteiger partial charge >= 0.3 is 0 Å². The summed E-state index contributed by atoms with van der Waals surface area (Å²) in [4.78, 5) is 6.98. The summed E-state index contributed by atoms with van der Waals surface area (Å²) in [6.07, 6.45) is 0. The molecule has 54 valence electrons. The summed E-state index contributed by atoms with van der Waals surface area (Å²) in [7, 11) is 0. The zero-order valence-corrected chi connectivity index (χ0v) is 6.33. The first-order valence-electron chi connectivity index (χ1n) is 2.73. The van der Waals surface area contributed by atoms with Gasteiger partial charge in [-0.2, -0.15) is 0 Å². The van der Waals surface area contributed by atoms with Crippen molar-refractivity contribution in [2.24, 2.45) is 5.73 Å². The van der Waals surface area contributed by atoms with E-state index >= 15 is 0 Å². The molecule has 5 heteroatoms. The molecule has 0 atom stereocenters. The molecule has 1 heterocycles. The van der Waals surface area contributed by atoms with Crippen molar-refractivity contribution in [1.82, 2.24) is 9.97 Å². The number of aromatic nitrogens is 2. The Bertz CT molecular complexity index is 265. The van der Waals surface area contributed by atoms with Crippen molar-refractivity contribution in [3.63, 3.8) is 0 Å². The van der Waals surface area contributed by atoms with E-state index in [1.165, 1.54) is 0 Å². The van der Waals surface area contributed by atoms with Gasteiger partial charge in [0, 0.05) is 0 Å². The number of anilines is 1. The summed E-state index contributed by atoms with van der Waals surface area (Å²) < 4.78 is 0. The third-order valence-electron chi connectivity index (χ3n) is 1.10. The van der Waals surface area contributed by atoms with E-state index in [1.807, 2.05) is 0 Å². The highest BCUT2D eigenvalue weighted by Crippen LogP contribution is 2.05. The van der Waals surface area contributed by atoms with E-state index in [2.05, 4.69) is 22.2 Å². The number of nitrogens with two attached hydrogens (primary N) is 2. The molecular weight excluding hydrogens is 148 g/mol. The molecule has 4 nitrogen and oxygen atoms in total. The topological polar surface area (TPSA) is 80.7 Å². The zero-order valence-electron chi connectivity index (χ0n) is 5.51. The lowest BCUT2D eigenvalue weighted by Crippen LogP contribution is -2.11. The van der Waals surface area contributed by atoms with Crippen LogP contribution in [0.25, 0.3) is 0 Å². The van der Waals surface area contributed by atoms with Gasteiger partial charge in [-0.3, -0.25) is 0 Å². The fraction of sp³-hybridized carbons (Fsp3) is 0.200. The Hall–Kier alpha value is -1.10. The summed E-state index contributed by atoms with van der Waals surface area (Å²) in [5, 5.41) is 0. The van der Waals surface area contributed by atoms with Crippen molar-refractivity contribution in [2.45, 2.75) is 6.92 Å². The van der Waals surface area contributed by atoms with Crippen LogP contribution in [0, 0.1) is 6.92 Å². The summed E-state index contributed by atoms with van der Waals surface area (Å²) in [6.45, 7) is 1.79. The Morgan fingerprint density at radius 1 is 1.70 bits per heavy atom. The smallest absolute Gasteiger partial charge is 0.152 e. The summed E-state index contributed by atoms with van der Waals surface area (Å²) in [5.74, 6) is 1.09. The SMILES string of the molecule is Cc1nc(N)c(C(N)=S)[nH]1. The molecule has 1 rings (SSSR count). The molecule has 0 fully saturated rings. The lowest BCUT2D eigenvalue weighted by Gasteiger charge is -1.90. The molecule has 0 aromatic carbocycles. The Labute approximate surface area is 63.6 Å². The largest absolute Gasteiger partial charge is 0.388 e. The first kappa shape index (κ1) is 7.01. The number of thiocarbonyl (C=S) groups is 1. The van der Waals surface area contributed by atoms with Crippen LogP contribution in [0.3, 0.4) is 0 Å². The number of nitrogen functional groups attached to an aromatic ring is 1. The van der Waals surface area contributed by atoms with Crippen molar-refractivity contribution < 1.29 is 0 Å². The molecule has 10 heavy (non-hydrogen) atoms. The van der Waals surface area contributed by atoms with Gasteiger partial charge in [0.2, 0.25) is 0 Å². The molecule has 0 radical (unpaired) electrons. The molecule has 0 saturated carbocycles. The predicted molar refractivity (Wildman–Crippen MR) is 43.6 cm³/mol. The minimum atomic E-state index is 0.248. The highest BCUT2D eigenvalue weighted by atomic mass is 32.1. The number of H-pyrrole nitrogens is 1. The Morgan fingerprint density at radius 3 is 2.50 bits per heavy atom. The van der Waals surface area contributed by atoms with Crippen LogP contribution in [0.4, 0.5) is 5.82 Å². The zero-order chi connectivity index (χ0) is 7.72. The Balaban J connectivity index is 3.15. The van der Waals surface area contributed by atoms with Gasteiger partial charge in [-0.15, -0.1) is 0 Å². The van der Waals surface area contributed by atoms with Crippen LogP contribution >= 0.6 is 12.2 Å². The van der Waals surface area contributed by atoms with Gasteiger partial charge in [0.05, 0.1) is 0 Å². The van der Waals surface area contributed by atoms with E-state index < -0.39 is 0 Å². The lowest BCUT2D eigenvalue weighted by atomic mass is 10.4. The van der Waals surface area contributed by atoms with Crippen LogP contribution in [-0.4, -0.2) is 15.0 Å². The van der Waals surface area contributed by atoms with Gasteiger partial charge in [-0.05, 0) is 6.92 Å². The monoisotopic (exact) mass is 156 g/mol. The number of hydrogen-bond acceptors (Lipinski definition) is 3. The second-order valence-electron chi connectivity index (χ2n) is 1.95. The van der Waals surface area contributed by atoms with E-state index in [9.17, 15) is 0 Å². The van der Waals surface area contributed by atoms with Crippen molar-refractivity contribution in [2.75, 3.05) is 5.73 Å². The van der Waals surface area contributed by atoms with Crippen molar-refractivity contribution in [1.29, 1.82) is 0 Å². The van der Waals surface area contributed by atoms with Gasteiger partial charge < -0.3 is 16.5 Å². The quantitative estimate of drug-likeness (QED) is 0.497. The molecule has 0 saturated heterocycles. The molecule has 0 aliphatic rings. The van der Waals surface area contributed by atoms with Gasteiger partial charge in [-0.25, -0.2) is 4.98 Å². The number of rotatable bonds is 1. The summed E-state index contributed by atoms with van der Waals surface area (Å²) in [6, 6.07) is 0. The van der Waals surface area contributed by atoms with Crippen molar-refractivity contribution in [3.05, 3.63) is 11.5 Å². The molecule has 0 spiro atoms. The fourth-order valence-electron chi connectivity index (χ4n) is 0.697. The highest BCUT2D eigenvalue weighted by molar-refractivity contribution is 7.80. The first-order valence-corrected chi connectivity index (χ1v) is 3.14. The second kappa shape index (κ2) is 2.26. The molecule has 5 N–H and O–H groups in total. The summed E-state index contributed by atoms with van der Waals surface area (Å²) in [5.41, 5.74) is 11.3. The van der Waals surface area contributed by atoms with Crippen LogP contribution in [0.1, 0.15) is 11.5 Å². The maximum Gasteiger partial charge on any atom is 0.152 e. The van der Waals surface area contributed by atoms with E-state index in [4.69, 9.17) is 11.5 Å². The van der Waals surface area contributed by atoms with Crippen LogP contribution in [0.2, 0.25) is 0 Å². The molecule has 1 aromatic heterocycles. The Kier molecular flexibility index (Phi) is 1.58. The number of aryl methyl sites for hydroxylation is 1. The second-order valence-corrected chi connectivity index (χ2v) is 2.39. The van der Waals surface area contributed by atoms with E-state index in [-0.39, 0.29) is 4.99 Å².